The van der Waals surface area contributed by atoms with Gasteiger partial charge in [-0.1, -0.05) is 0 Å². The van der Waals surface area contributed by atoms with Gasteiger partial charge in [-0.15, -0.1) is 0 Å². The van der Waals surface area contributed by atoms with Crippen LogP contribution in [0.2, 0.25) is 0 Å². The molecule has 0 spiro atoms. The van der Waals surface area contributed by atoms with E-state index < -0.39 is 15.4 Å². The summed E-state index contributed by atoms with van der Waals surface area (Å²) in [7, 11) is -1.13. The first-order chi connectivity index (χ1) is 7.27. The Morgan fingerprint density at radius 2 is 2.06 bits per heavy atom. The van der Waals surface area contributed by atoms with Gasteiger partial charge < -0.3 is 15.7 Å². The Hall–Kier alpha value is -0.170. The molecule has 5 nitrogen and oxygen atoms in total. The normalized spacial score (nSPS) is 21.1. The van der Waals surface area contributed by atoms with Gasteiger partial charge in [0.1, 0.15) is 9.84 Å². The van der Waals surface area contributed by atoms with Gasteiger partial charge in [0.25, 0.3) is 0 Å². The highest BCUT2D eigenvalue weighted by Gasteiger charge is 2.43. The summed E-state index contributed by atoms with van der Waals surface area (Å²) in [6.45, 7) is 1.12. The summed E-state index contributed by atoms with van der Waals surface area (Å²) >= 11 is 0. The minimum Gasteiger partial charge on any atom is -0.387 e. The molecule has 3 N–H and O–H groups in total. The van der Waals surface area contributed by atoms with E-state index in [1.54, 1.807) is 0 Å². The highest BCUT2D eigenvalue weighted by molar-refractivity contribution is 7.90. The van der Waals surface area contributed by atoms with Crippen molar-refractivity contribution in [3.05, 3.63) is 0 Å². The van der Waals surface area contributed by atoms with Crippen LogP contribution in [0.15, 0.2) is 0 Å². The summed E-state index contributed by atoms with van der Waals surface area (Å²) in [6, 6.07) is 0. The lowest BCUT2D eigenvalue weighted by atomic mass is 9.97. The van der Waals surface area contributed by atoms with Gasteiger partial charge in [0.2, 0.25) is 0 Å². The molecule has 0 amide bonds. The van der Waals surface area contributed by atoms with E-state index >= 15 is 0 Å². The number of rotatable bonds is 7. The van der Waals surface area contributed by atoms with Crippen molar-refractivity contribution in [3.63, 3.8) is 0 Å². The van der Waals surface area contributed by atoms with Crippen LogP contribution >= 0.6 is 0 Å². The Morgan fingerprint density at radius 3 is 2.44 bits per heavy atom. The van der Waals surface area contributed by atoms with Gasteiger partial charge in [-0.3, -0.25) is 0 Å². The Morgan fingerprint density at radius 1 is 1.50 bits per heavy atom. The first-order valence-corrected chi connectivity index (χ1v) is 7.61. The van der Waals surface area contributed by atoms with Crippen molar-refractivity contribution in [2.24, 2.45) is 11.7 Å². The third-order valence-electron chi connectivity index (χ3n) is 3.08. The molecule has 1 aliphatic carbocycles. The van der Waals surface area contributed by atoms with Gasteiger partial charge in [0.05, 0.1) is 11.4 Å². The maximum Gasteiger partial charge on any atom is 0.148 e. The molecule has 6 heteroatoms. The maximum atomic E-state index is 11.0. The fourth-order valence-corrected chi connectivity index (χ4v) is 2.49. The number of hydrogen-bond acceptors (Lipinski definition) is 5. The molecule has 1 unspecified atom stereocenters. The molecule has 0 aliphatic heterocycles. The largest absolute Gasteiger partial charge is 0.387 e. The first-order valence-electron chi connectivity index (χ1n) is 5.55. The van der Waals surface area contributed by atoms with Crippen molar-refractivity contribution in [3.8, 4) is 0 Å². The quantitative estimate of drug-likeness (QED) is 0.609. The first kappa shape index (κ1) is 13.9. The van der Waals surface area contributed by atoms with E-state index in [0.29, 0.717) is 13.1 Å². The number of aliphatic hydroxyl groups is 1. The van der Waals surface area contributed by atoms with E-state index in [9.17, 15) is 13.5 Å². The van der Waals surface area contributed by atoms with Crippen molar-refractivity contribution < 1.29 is 13.5 Å². The minimum absolute atomic E-state index is 0.120. The summed E-state index contributed by atoms with van der Waals surface area (Å²) in [5.41, 5.74) is 4.74. The lowest BCUT2D eigenvalue weighted by Gasteiger charge is -2.31. The second kappa shape index (κ2) is 5.00. The molecule has 16 heavy (non-hydrogen) atoms. The molecule has 1 fully saturated rings. The van der Waals surface area contributed by atoms with Crippen LogP contribution in [0.25, 0.3) is 0 Å². The van der Waals surface area contributed by atoms with Crippen LogP contribution in [-0.2, 0) is 9.84 Å². The average molecular weight is 250 g/mol. The van der Waals surface area contributed by atoms with Crippen molar-refractivity contribution in [2.75, 3.05) is 38.7 Å². The summed E-state index contributed by atoms with van der Waals surface area (Å²) < 4.78 is 22.0. The fourth-order valence-electron chi connectivity index (χ4n) is 1.85. The number of sulfone groups is 1. The van der Waals surface area contributed by atoms with Gasteiger partial charge in [0.15, 0.2) is 0 Å². The van der Waals surface area contributed by atoms with Crippen LogP contribution in [-0.4, -0.2) is 62.7 Å². The number of likely N-dealkylation sites (N-methyl/N-ethyl adjacent to an activating group) is 1. The standard InChI is InChI=1S/C10H22N2O3S/c1-12(5-6-16(2,14)15)8-10(13,7-11)9-3-4-9/h9,13H,3-8,11H2,1-2H3. The Bertz CT molecular complexity index is 327. The van der Waals surface area contributed by atoms with E-state index in [4.69, 9.17) is 5.73 Å². The number of nitrogens with two attached hydrogens (primary N) is 1. The molecule has 0 bridgehead atoms. The Kier molecular flexibility index (Phi) is 4.34. The maximum absolute atomic E-state index is 11.0. The van der Waals surface area contributed by atoms with Gasteiger partial charge in [-0.05, 0) is 25.8 Å². The highest BCUT2D eigenvalue weighted by atomic mass is 32.2. The van der Waals surface area contributed by atoms with Crippen LogP contribution in [0.4, 0.5) is 0 Å². The molecule has 0 saturated heterocycles. The molecule has 1 saturated carbocycles. The van der Waals surface area contributed by atoms with Gasteiger partial charge in [-0.2, -0.15) is 0 Å². The zero-order chi connectivity index (χ0) is 12.4. The topological polar surface area (TPSA) is 83.6 Å². The summed E-state index contributed by atoms with van der Waals surface area (Å²) in [5.74, 6) is 0.410. The van der Waals surface area contributed by atoms with E-state index in [2.05, 4.69) is 0 Å². The molecule has 0 heterocycles. The van der Waals surface area contributed by atoms with Crippen LogP contribution < -0.4 is 5.73 Å². The molecule has 1 aliphatic rings. The fraction of sp³-hybridized carbons (Fsp3) is 1.00. The summed E-state index contributed by atoms with van der Waals surface area (Å²) in [5, 5.41) is 10.2. The number of hydrogen-bond donors (Lipinski definition) is 2. The lowest BCUT2D eigenvalue weighted by molar-refractivity contribution is -0.000780. The van der Waals surface area contributed by atoms with Crippen molar-refractivity contribution in [1.29, 1.82) is 0 Å². The van der Waals surface area contributed by atoms with E-state index in [-0.39, 0.29) is 18.2 Å². The molecule has 1 rings (SSSR count). The van der Waals surface area contributed by atoms with Gasteiger partial charge in [-0.25, -0.2) is 8.42 Å². The van der Waals surface area contributed by atoms with Crippen LogP contribution in [0.1, 0.15) is 12.8 Å². The minimum atomic E-state index is -2.94. The second-order valence-corrected chi connectivity index (χ2v) is 7.21. The van der Waals surface area contributed by atoms with E-state index in [1.807, 2.05) is 11.9 Å². The van der Waals surface area contributed by atoms with Gasteiger partial charge >= 0.3 is 0 Å². The zero-order valence-electron chi connectivity index (χ0n) is 10.0. The van der Waals surface area contributed by atoms with Crippen LogP contribution in [0, 0.1) is 5.92 Å². The Labute approximate surface area is 97.5 Å². The lowest BCUT2D eigenvalue weighted by Crippen LogP contribution is -2.49. The SMILES string of the molecule is CN(CCS(C)(=O)=O)CC(O)(CN)C1CC1. The predicted octanol–water partition coefficient (Wildman–Crippen LogP) is -0.937. The molecule has 0 radical (unpaired) electrons. The summed E-state index contributed by atoms with van der Waals surface area (Å²) in [6.07, 6.45) is 3.26. The number of nitrogens with zero attached hydrogens (tertiary/aromatic N) is 1. The monoisotopic (exact) mass is 250 g/mol. The van der Waals surface area contributed by atoms with E-state index in [0.717, 1.165) is 12.8 Å². The molecule has 0 aromatic carbocycles. The molecule has 1 atom stereocenters. The molecular weight excluding hydrogens is 228 g/mol. The predicted molar refractivity (Wildman–Crippen MR) is 63.9 cm³/mol. The Balaban J connectivity index is 2.40. The van der Waals surface area contributed by atoms with Crippen molar-refractivity contribution in [2.45, 2.75) is 18.4 Å². The molecule has 96 valence electrons. The molecule has 0 aromatic heterocycles. The zero-order valence-corrected chi connectivity index (χ0v) is 10.8. The van der Waals surface area contributed by atoms with Crippen molar-refractivity contribution >= 4 is 9.84 Å². The van der Waals surface area contributed by atoms with E-state index in [1.165, 1.54) is 6.26 Å². The third-order valence-corrected chi connectivity index (χ3v) is 4.00. The molecule has 0 aromatic rings. The van der Waals surface area contributed by atoms with Gasteiger partial charge in [0, 0.05) is 25.9 Å². The molecular formula is C10H22N2O3S. The van der Waals surface area contributed by atoms with Crippen molar-refractivity contribution in [1.82, 2.24) is 4.90 Å². The van der Waals surface area contributed by atoms with Crippen LogP contribution in [0.3, 0.4) is 0 Å². The van der Waals surface area contributed by atoms with Crippen LogP contribution in [0.5, 0.6) is 0 Å². The summed E-state index contributed by atoms with van der Waals surface area (Å²) in [4.78, 5) is 1.84. The smallest absolute Gasteiger partial charge is 0.148 e. The highest BCUT2D eigenvalue weighted by Crippen LogP contribution is 2.39. The second-order valence-electron chi connectivity index (χ2n) is 4.95. The average Bonchev–Trinajstić information content (AvgIpc) is 2.96. The third kappa shape index (κ3) is 4.37.